The minimum atomic E-state index is -0.327. The lowest BCUT2D eigenvalue weighted by Crippen LogP contribution is -2.12. The zero-order valence-electron chi connectivity index (χ0n) is 13.4. The Kier molecular flexibility index (Phi) is 4.44. The van der Waals surface area contributed by atoms with Gasteiger partial charge in [0.1, 0.15) is 5.76 Å². The third kappa shape index (κ3) is 3.36. The fourth-order valence-electron chi connectivity index (χ4n) is 2.49. The van der Waals surface area contributed by atoms with Gasteiger partial charge in [0.05, 0.1) is 11.4 Å². The molecule has 5 heteroatoms. The van der Waals surface area contributed by atoms with E-state index in [-0.39, 0.29) is 11.7 Å². The molecule has 0 bridgehead atoms. The van der Waals surface area contributed by atoms with Gasteiger partial charge in [0.2, 0.25) is 0 Å². The number of aryl methyl sites for hydroxylation is 2. The van der Waals surface area contributed by atoms with Gasteiger partial charge >= 0.3 is 0 Å². The Labute approximate surface area is 148 Å². The van der Waals surface area contributed by atoms with Crippen LogP contribution in [0.15, 0.2) is 57.4 Å². The van der Waals surface area contributed by atoms with E-state index in [2.05, 4.69) is 21.2 Å². The lowest BCUT2D eigenvalue weighted by Gasteiger charge is -2.07. The second kappa shape index (κ2) is 6.53. The molecular weight excluding hydrogens is 368 g/mol. The summed E-state index contributed by atoms with van der Waals surface area (Å²) < 4.78 is 6.72. The maximum atomic E-state index is 12.4. The summed E-state index contributed by atoms with van der Waals surface area (Å²) in [5, 5.41) is 2.78. The number of nitrogens with two attached hydrogens (primary N) is 1. The van der Waals surface area contributed by atoms with Crippen LogP contribution in [-0.4, -0.2) is 5.91 Å². The minimum Gasteiger partial charge on any atom is -0.451 e. The summed E-state index contributed by atoms with van der Waals surface area (Å²) in [7, 11) is 0. The van der Waals surface area contributed by atoms with Gasteiger partial charge in [-0.25, -0.2) is 0 Å². The molecule has 2 aromatic carbocycles. The van der Waals surface area contributed by atoms with E-state index in [1.54, 1.807) is 18.2 Å². The van der Waals surface area contributed by atoms with Crippen LogP contribution in [0.25, 0.3) is 11.3 Å². The molecule has 0 saturated heterocycles. The fraction of sp³-hybridized carbons (Fsp3) is 0.105. The molecule has 4 nitrogen and oxygen atoms in total. The molecule has 0 saturated carbocycles. The number of furan rings is 1. The normalized spacial score (nSPS) is 10.6. The summed E-state index contributed by atoms with van der Waals surface area (Å²) in [6.07, 6.45) is 0. The van der Waals surface area contributed by atoms with E-state index in [9.17, 15) is 4.79 Å². The van der Waals surface area contributed by atoms with Gasteiger partial charge < -0.3 is 15.5 Å². The molecule has 1 heterocycles. The van der Waals surface area contributed by atoms with Crippen LogP contribution >= 0.6 is 15.9 Å². The van der Waals surface area contributed by atoms with E-state index < -0.39 is 0 Å². The number of amides is 1. The molecule has 0 atom stereocenters. The lowest BCUT2D eigenvalue weighted by atomic mass is 10.1. The molecule has 0 radical (unpaired) electrons. The van der Waals surface area contributed by atoms with Crippen molar-refractivity contribution >= 4 is 33.2 Å². The summed E-state index contributed by atoms with van der Waals surface area (Å²) in [5.74, 6) is 0.570. The average molecular weight is 385 g/mol. The van der Waals surface area contributed by atoms with Crippen molar-refractivity contribution in [3.05, 3.63) is 69.9 Å². The first-order valence-corrected chi connectivity index (χ1v) is 8.27. The van der Waals surface area contributed by atoms with Gasteiger partial charge in [-0.1, -0.05) is 22.0 Å². The van der Waals surface area contributed by atoms with Crippen LogP contribution in [-0.2, 0) is 0 Å². The highest BCUT2D eigenvalue weighted by atomic mass is 79.9. The second-order valence-electron chi connectivity index (χ2n) is 5.67. The van der Waals surface area contributed by atoms with Gasteiger partial charge in [-0.15, -0.1) is 0 Å². The standard InChI is InChI=1S/C19H17BrN2O2/c1-11-3-6-16(15(21)9-11)22-19(23)18-8-7-17(24-18)14-5-4-13(20)10-12(14)2/h3-10H,21H2,1-2H3,(H,22,23). The Hall–Kier alpha value is -2.53. The largest absolute Gasteiger partial charge is 0.451 e. The van der Waals surface area contributed by atoms with Gasteiger partial charge in [0.25, 0.3) is 5.91 Å². The van der Waals surface area contributed by atoms with Crippen molar-refractivity contribution in [2.24, 2.45) is 0 Å². The molecule has 0 aliphatic rings. The smallest absolute Gasteiger partial charge is 0.291 e. The first-order chi connectivity index (χ1) is 11.4. The molecule has 24 heavy (non-hydrogen) atoms. The molecule has 3 aromatic rings. The van der Waals surface area contributed by atoms with Gasteiger partial charge in [-0.05, 0) is 67.4 Å². The van der Waals surface area contributed by atoms with E-state index in [0.717, 1.165) is 21.2 Å². The van der Waals surface area contributed by atoms with E-state index in [4.69, 9.17) is 10.2 Å². The Balaban J connectivity index is 1.83. The topological polar surface area (TPSA) is 68.3 Å². The van der Waals surface area contributed by atoms with E-state index >= 15 is 0 Å². The third-order valence-electron chi connectivity index (χ3n) is 3.74. The van der Waals surface area contributed by atoms with Crippen LogP contribution in [0.2, 0.25) is 0 Å². The van der Waals surface area contributed by atoms with E-state index in [1.807, 2.05) is 44.2 Å². The fourth-order valence-corrected chi connectivity index (χ4v) is 2.96. The van der Waals surface area contributed by atoms with Crippen LogP contribution in [0.3, 0.4) is 0 Å². The number of hydrogen-bond donors (Lipinski definition) is 2. The van der Waals surface area contributed by atoms with Crippen molar-refractivity contribution in [2.75, 3.05) is 11.1 Å². The molecule has 0 spiro atoms. The van der Waals surface area contributed by atoms with Gasteiger partial charge in [0.15, 0.2) is 5.76 Å². The van der Waals surface area contributed by atoms with Crippen LogP contribution < -0.4 is 11.1 Å². The molecule has 1 aromatic heterocycles. The van der Waals surface area contributed by atoms with Crippen LogP contribution in [0, 0.1) is 13.8 Å². The second-order valence-corrected chi connectivity index (χ2v) is 6.58. The molecule has 0 aliphatic heterocycles. The van der Waals surface area contributed by atoms with Crippen molar-refractivity contribution in [1.82, 2.24) is 0 Å². The molecule has 0 aliphatic carbocycles. The number of rotatable bonds is 3. The lowest BCUT2D eigenvalue weighted by molar-refractivity contribution is 0.0997. The van der Waals surface area contributed by atoms with Crippen molar-refractivity contribution in [1.29, 1.82) is 0 Å². The number of carbonyl (C=O) groups is 1. The zero-order valence-corrected chi connectivity index (χ0v) is 15.0. The van der Waals surface area contributed by atoms with E-state index in [0.29, 0.717) is 17.1 Å². The predicted molar refractivity (Wildman–Crippen MR) is 100 cm³/mol. The highest BCUT2D eigenvalue weighted by Crippen LogP contribution is 2.28. The Morgan fingerprint density at radius 2 is 1.88 bits per heavy atom. The Morgan fingerprint density at radius 3 is 2.58 bits per heavy atom. The van der Waals surface area contributed by atoms with Crippen molar-refractivity contribution < 1.29 is 9.21 Å². The summed E-state index contributed by atoms with van der Waals surface area (Å²) >= 11 is 3.44. The molecular formula is C19H17BrN2O2. The zero-order chi connectivity index (χ0) is 17.3. The maximum Gasteiger partial charge on any atom is 0.291 e. The third-order valence-corrected chi connectivity index (χ3v) is 4.23. The minimum absolute atomic E-state index is 0.243. The summed E-state index contributed by atoms with van der Waals surface area (Å²) in [5.41, 5.74) is 10.1. The highest BCUT2D eigenvalue weighted by molar-refractivity contribution is 9.10. The Morgan fingerprint density at radius 1 is 1.08 bits per heavy atom. The van der Waals surface area contributed by atoms with Crippen molar-refractivity contribution in [3.63, 3.8) is 0 Å². The first kappa shape index (κ1) is 16.3. The Bertz CT molecular complexity index is 915. The van der Waals surface area contributed by atoms with Crippen molar-refractivity contribution in [3.8, 4) is 11.3 Å². The molecule has 1 amide bonds. The number of nitrogen functional groups attached to an aromatic ring is 1. The number of anilines is 2. The molecule has 3 rings (SSSR count). The SMILES string of the molecule is Cc1ccc(NC(=O)c2ccc(-c3ccc(Br)cc3C)o2)c(N)c1. The van der Waals surface area contributed by atoms with Gasteiger partial charge in [-0.2, -0.15) is 0 Å². The molecule has 0 unspecified atom stereocenters. The predicted octanol–water partition coefficient (Wildman–Crippen LogP) is 5.16. The van der Waals surface area contributed by atoms with Crippen LogP contribution in [0.5, 0.6) is 0 Å². The average Bonchev–Trinajstić information content (AvgIpc) is 3.00. The number of benzene rings is 2. The first-order valence-electron chi connectivity index (χ1n) is 7.48. The van der Waals surface area contributed by atoms with Crippen LogP contribution in [0.1, 0.15) is 21.7 Å². The van der Waals surface area contributed by atoms with Gasteiger partial charge in [-0.3, -0.25) is 4.79 Å². The molecule has 0 fully saturated rings. The highest BCUT2D eigenvalue weighted by Gasteiger charge is 2.14. The molecule has 3 N–H and O–H groups in total. The number of nitrogens with one attached hydrogen (secondary N) is 1. The van der Waals surface area contributed by atoms with E-state index in [1.165, 1.54) is 0 Å². The quantitative estimate of drug-likeness (QED) is 0.612. The summed E-state index contributed by atoms with van der Waals surface area (Å²) in [6, 6.07) is 14.9. The number of carbonyl (C=O) groups excluding carboxylic acids is 1. The summed E-state index contributed by atoms with van der Waals surface area (Å²) in [4.78, 5) is 12.4. The number of hydrogen-bond acceptors (Lipinski definition) is 3. The monoisotopic (exact) mass is 384 g/mol. The van der Waals surface area contributed by atoms with Gasteiger partial charge in [0, 0.05) is 10.0 Å². The van der Waals surface area contributed by atoms with Crippen molar-refractivity contribution in [2.45, 2.75) is 13.8 Å². The molecule has 122 valence electrons. The number of halogens is 1. The maximum absolute atomic E-state index is 12.4. The summed E-state index contributed by atoms with van der Waals surface area (Å²) in [6.45, 7) is 3.94. The van der Waals surface area contributed by atoms with Crippen LogP contribution in [0.4, 0.5) is 11.4 Å².